The predicted octanol–water partition coefficient (Wildman–Crippen LogP) is 4.34. The molecule has 1 N–H and O–H groups in total. The van der Waals surface area contributed by atoms with Crippen molar-refractivity contribution in [2.24, 2.45) is 0 Å². The topological polar surface area (TPSA) is 69.6 Å². The average molecular weight is 399 g/mol. The number of fused-ring (bicyclic) bond motifs is 3. The van der Waals surface area contributed by atoms with Gasteiger partial charge < -0.3 is 14.9 Å². The highest BCUT2D eigenvalue weighted by atomic mass is 35.5. The summed E-state index contributed by atoms with van der Waals surface area (Å²) in [6.07, 6.45) is 4.56. The second-order valence-electron chi connectivity index (χ2n) is 8.29. The van der Waals surface area contributed by atoms with Crippen molar-refractivity contribution in [3.63, 3.8) is 0 Å². The molecule has 1 unspecified atom stereocenters. The van der Waals surface area contributed by atoms with Crippen LogP contribution in [0.3, 0.4) is 0 Å². The van der Waals surface area contributed by atoms with Gasteiger partial charge in [0, 0.05) is 47.0 Å². The normalized spacial score (nSPS) is 22.4. The first-order valence-corrected chi connectivity index (χ1v) is 10.3. The van der Waals surface area contributed by atoms with E-state index in [-0.39, 0.29) is 5.41 Å². The molecule has 1 aromatic heterocycles. The first-order chi connectivity index (χ1) is 13.5. The average Bonchev–Trinajstić information content (AvgIpc) is 3.21. The third-order valence-electron chi connectivity index (χ3n) is 6.78. The van der Waals surface area contributed by atoms with Crippen molar-refractivity contribution in [3.8, 4) is 0 Å². The number of carboxylic acid groups (broad SMARTS) is 1. The second kappa shape index (κ2) is 6.34. The van der Waals surface area contributed by atoms with Crippen LogP contribution in [0.15, 0.2) is 24.5 Å². The van der Waals surface area contributed by atoms with Crippen LogP contribution in [0.25, 0.3) is 0 Å². The van der Waals surface area contributed by atoms with Crippen molar-refractivity contribution >= 4 is 29.2 Å². The van der Waals surface area contributed by atoms with Crippen LogP contribution in [-0.2, 0) is 11.8 Å². The first-order valence-electron chi connectivity index (χ1n) is 9.88. The lowest BCUT2D eigenvalue weighted by atomic mass is 9.74. The highest BCUT2D eigenvalue weighted by Gasteiger charge is 2.47. The number of likely N-dealkylation sites (tertiary alicyclic amines) is 1. The Kier molecular flexibility index (Phi) is 4.02. The van der Waals surface area contributed by atoms with Gasteiger partial charge in [0.05, 0.1) is 0 Å². The van der Waals surface area contributed by atoms with E-state index in [9.17, 15) is 9.90 Å². The Labute approximate surface area is 169 Å². The molecule has 3 aliphatic rings. The van der Waals surface area contributed by atoms with E-state index >= 15 is 0 Å². The maximum atomic E-state index is 11.4. The second-order valence-corrected chi connectivity index (χ2v) is 8.73. The Morgan fingerprint density at radius 3 is 2.82 bits per heavy atom. The van der Waals surface area contributed by atoms with Crippen molar-refractivity contribution in [1.82, 2.24) is 14.9 Å². The third kappa shape index (κ3) is 2.58. The Balaban J connectivity index is 1.59. The molecule has 146 valence electrons. The molecule has 1 atom stereocenters. The number of hydrogen-bond acceptors (Lipinski definition) is 4. The SMILES string of the molecule is CC1CCc2ncnc(N3CC4(CCN(C(=O)O)CC4)c4cc(Cl)ccc43)c21. The van der Waals surface area contributed by atoms with Gasteiger partial charge in [-0.3, -0.25) is 0 Å². The number of rotatable bonds is 1. The molecule has 0 radical (unpaired) electrons. The summed E-state index contributed by atoms with van der Waals surface area (Å²) in [7, 11) is 0. The van der Waals surface area contributed by atoms with E-state index in [1.807, 2.05) is 6.07 Å². The Morgan fingerprint density at radius 1 is 1.29 bits per heavy atom. The van der Waals surface area contributed by atoms with Gasteiger partial charge in [0.2, 0.25) is 0 Å². The number of halogens is 1. The molecule has 2 aromatic rings. The summed E-state index contributed by atoms with van der Waals surface area (Å²) in [5.41, 5.74) is 4.71. The molecule has 0 saturated carbocycles. The van der Waals surface area contributed by atoms with Gasteiger partial charge in [-0.2, -0.15) is 0 Å². The number of aryl methyl sites for hydroxylation is 1. The monoisotopic (exact) mass is 398 g/mol. The molecule has 3 heterocycles. The predicted molar refractivity (Wildman–Crippen MR) is 108 cm³/mol. The zero-order valence-electron chi connectivity index (χ0n) is 15.9. The van der Waals surface area contributed by atoms with E-state index in [0.717, 1.165) is 54.4 Å². The van der Waals surface area contributed by atoms with Crippen molar-refractivity contribution in [1.29, 1.82) is 0 Å². The molecule has 2 aliphatic heterocycles. The number of carbonyl (C=O) groups is 1. The zero-order valence-corrected chi connectivity index (χ0v) is 16.6. The minimum absolute atomic E-state index is 0.0914. The van der Waals surface area contributed by atoms with Crippen LogP contribution in [-0.4, -0.2) is 45.7 Å². The number of anilines is 2. The third-order valence-corrected chi connectivity index (χ3v) is 7.02. The summed E-state index contributed by atoms with van der Waals surface area (Å²) in [4.78, 5) is 24.4. The van der Waals surface area contributed by atoms with Gasteiger partial charge in [-0.1, -0.05) is 18.5 Å². The van der Waals surface area contributed by atoms with Crippen molar-refractivity contribution in [2.75, 3.05) is 24.5 Å². The lowest BCUT2D eigenvalue weighted by Crippen LogP contribution is -2.46. The zero-order chi connectivity index (χ0) is 19.5. The smallest absolute Gasteiger partial charge is 0.407 e. The van der Waals surface area contributed by atoms with Gasteiger partial charge in [0.1, 0.15) is 12.1 Å². The summed E-state index contributed by atoms with van der Waals surface area (Å²) in [5, 5.41) is 10.1. The minimum Gasteiger partial charge on any atom is -0.465 e. The van der Waals surface area contributed by atoms with Gasteiger partial charge in [0.25, 0.3) is 0 Å². The highest BCUT2D eigenvalue weighted by molar-refractivity contribution is 6.30. The van der Waals surface area contributed by atoms with Gasteiger partial charge in [-0.15, -0.1) is 0 Å². The molecule has 1 saturated heterocycles. The highest BCUT2D eigenvalue weighted by Crippen LogP contribution is 2.51. The summed E-state index contributed by atoms with van der Waals surface area (Å²) in [5.74, 6) is 1.46. The Hall–Kier alpha value is -2.34. The fourth-order valence-corrected chi connectivity index (χ4v) is 5.39. The van der Waals surface area contributed by atoms with Crippen LogP contribution in [0, 0.1) is 0 Å². The summed E-state index contributed by atoms with van der Waals surface area (Å²) >= 11 is 6.37. The number of piperidine rings is 1. The maximum Gasteiger partial charge on any atom is 0.407 e. The molecule has 1 aromatic carbocycles. The molecule has 1 aliphatic carbocycles. The number of hydrogen-bond donors (Lipinski definition) is 1. The van der Waals surface area contributed by atoms with Crippen LogP contribution in [0.2, 0.25) is 5.02 Å². The molecule has 5 rings (SSSR count). The van der Waals surface area contributed by atoms with Crippen LogP contribution >= 0.6 is 11.6 Å². The fourth-order valence-electron chi connectivity index (χ4n) is 5.22. The van der Waals surface area contributed by atoms with Gasteiger partial charge in [-0.25, -0.2) is 14.8 Å². The largest absolute Gasteiger partial charge is 0.465 e. The molecule has 1 fully saturated rings. The summed E-state index contributed by atoms with van der Waals surface area (Å²) < 4.78 is 0. The van der Waals surface area contributed by atoms with Crippen molar-refractivity contribution < 1.29 is 9.90 Å². The molecule has 28 heavy (non-hydrogen) atoms. The van der Waals surface area contributed by atoms with Crippen LogP contribution in [0.5, 0.6) is 0 Å². The fraction of sp³-hybridized carbons (Fsp3) is 0.476. The van der Waals surface area contributed by atoms with E-state index in [1.54, 1.807) is 6.33 Å². The summed E-state index contributed by atoms with van der Waals surface area (Å²) in [6, 6.07) is 6.09. The van der Waals surface area contributed by atoms with Gasteiger partial charge >= 0.3 is 6.09 Å². The van der Waals surface area contributed by atoms with Crippen molar-refractivity contribution in [2.45, 2.75) is 43.9 Å². The lowest BCUT2D eigenvalue weighted by molar-refractivity contribution is 0.119. The van der Waals surface area contributed by atoms with E-state index < -0.39 is 6.09 Å². The Bertz CT molecular complexity index is 955. The number of amides is 1. The van der Waals surface area contributed by atoms with E-state index in [0.29, 0.717) is 19.0 Å². The lowest BCUT2D eigenvalue weighted by Gasteiger charge is -2.39. The molecular weight excluding hydrogens is 376 g/mol. The standard InChI is InChI=1S/C21H23ClN4O2/c1-13-2-4-16-18(13)19(24-12-23-16)26-11-21(6-8-25(9-7-21)20(27)28)15-10-14(22)3-5-17(15)26/h3,5,10,12-13H,2,4,6-9,11H2,1H3,(H,27,28). The minimum atomic E-state index is -0.835. The van der Waals surface area contributed by atoms with Gasteiger partial charge in [0.15, 0.2) is 0 Å². The molecule has 0 bridgehead atoms. The molecule has 1 amide bonds. The van der Waals surface area contributed by atoms with E-state index in [2.05, 4.69) is 28.9 Å². The molecule has 1 spiro atoms. The van der Waals surface area contributed by atoms with Crippen LogP contribution in [0.1, 0.15) is 48.9 Å². The molecule has 7 heteroatoms. The summed E-state index contributed by atoms with van der Waals surface area (Å²) in [6.45, 7) is 4.16. The van der Waals surface area contributed by atoms with Crippen molar-refractivity contribution in [3.05, 3.63) is 46.4 Å². The van der Waals surface area contributed by atoms with Gasteiger partial charge in [-0.05, 0) is 55.4 Å². The quantitative estimate of drug-likeness (QED) is 0.773. The van der Waals surface area contributed by atoms with E-state index in [4.69, 9.17) is 16.6 Å². The maximum absolute atomic E-state index is 11.4. The molecule has 6 nitrogen and oxygen atoms in total. The van der Waals surface area contributed by atoms with E-state index in [1.165, 1.54) is 16.0 Å². The van der Waals surface area contributed by atoms with Crippen LogP contribution < -0.4 is 4.90 Å². The number of nitrogens with zero attached hydrogens (tertiary/aromatic N) is 4. The first kappa shape index (κ1) is 17.7. The Morgan fingerprint density at radius 2 is 2.07 bits per heavy atom. The number of benzene rings is 1. The van der Waals surface area contributed by atoms with Crippen LogP contribution in [0.4, 0.5) is 16.3 Å². The molecular formula is C21H23ClN4O2. The number of aromatic nitrogens is 2.